The third-order valence-electron chi connectivity index (χ3n) is 4.70. The van der Waals surface area contributed by atoms with Gasteiger partial charge in [0.25, 0.3) is 0 Å². The van der Waals surface area contributed by atoms with Crippen molar-refractivity contribution in [1.29, 1.82) is 0 Å². The SMILES string of the molecule is COc1ccccc1CNC(=O)CCc1csc2nc(-c3ccc(Cl)cc3)cn12. The largest absolute Gasteiger partial charge is 0.496 e. The van der Waals surface area contributed by atoms with Gasteiger partial charge in [-0.1, -0.05) is 41.9 Å². The Balaban J connectivity index is 1.39. The number of benzene rings is 2. The van der Waals surface area contributed by atoms with Gasteiger partial charge in [0.1, 0.15) is 5.75 Å². The number of rotatable bonds is 7. The molecule has 0 aliphatic carbocycles. The highest BCUT2D eigenvalue weighted by molar-refractivity contribution is 7.15. The molecule has 0 aliphatic rings. The molecule has 0 fully saturated rings. The Hall–Kier alpha value is -2.83. The van der Waals surface area contributed by atoms with Gasteiger partial charge >= 0.3 is 0 Å². The molecule has 148 valence electrons. The van der Waals surface area contributed by atoms with Gasteiger partial charge in [-0.2, -0.15) is 0 Å². The highest BCUT2D eigenvalue weighted by Gasteiger charge is 2.12. The lowest BCUT2D eigenvalue weighted by Crippen LogP contribution is -2.23. The van der Waals surface area contributed by atoms with E-state index < -0.39 is 0 Å². The summed E-state index contributed by atoms with van der Waals surface area (Å²) in [5, 5.41) is 5.73. The summed E-state index contributed by atoms with van der Waals surface area (Å²) in [4.78, 5) is 17.9. The molecule has 0 bridgehead atoms. The predicted octanol–water partition coefficient (Wildman–Crippen LogP) is 4.97. The number of imidazole rings is 1. The first-order valence-electron chi connectivity index (χ1n) is 9.24. The second-order valence-electron chi connectivity index (χ2n) is 6.60. The molecule has 2 aromatic carbocycles. The fourth-order valence-electron chi connectivity index (χ4n) is 3.14. The lowest BCUT2D eigenvalue weighted by atomic mass is 10.2. The summed E-state index contributed by atoms with van der Waals surface area (Å²) >= 11 is 7.54. The molecule has 0 saturated heterocycles. The topological polar surface area (TPSA) is 55.6 Å². The van der Waals surface area contributed by atoms with Crippen LogP contribution >= 0.6 is 22.9 Å². The number of carbonyl (C=O) groups excluding carboxylic acids is 1. The number of para-hydroxylation sites is 1. The summed E-state index contributed by atoms with van der Waals surface area (Å²) in [6, 6.07) is 15.3. The number of aryl methyl sites for hydroxylation is 1. The van der Waals surface area contributed by atoms with Gasteiger partial charge in [0.15, 0.2) is 4.96 Å². The second kappa shape index (κ2) is 8.68. The summed E-state index contributed by atoms with van der Waals surface area (Å²) in [6.07, 6.45) is 3.07. The van der Waals surface area contributed by atoms with Gasteiger partial charge in [0.05, 0.1) is 12.8 Å². The normalized spacial score (nSPS) is 11.0. The van der Waals surface area contributed by atoms with Crippen molar-refractivity contribution in [2.24, 2.45) is 0 Å². The van der Waals surface area contributed by atoms with Crippen molar-refractivity contribution in [3.8, 4) is 17.0 Å². The Kier molecular flexibility index (Phi) is 5.83. The van der Waals surface area contributed by atoms with E-state index in [2.05, 4.69) is 20.1 Å². The Morgan fingerprint density at radius 1 is 1.21 bits per heavy atom. The summed E-state index contributed by atoms with van der Waals surface area (Å²) in [5.74, 6) is 0.786. The van der Waals surface area contributed by atoms with E-state index in [1.807, 2.05) is 54.7 Å². The van der Waals surface area contributed by atoms with Gasteiger partial charge in [-0.3, -0.25) is 9.20 Å². The zero-order chi connectivity index (χ0) is 20.2. The molecule has 2 heterocycles. The van der Waals surface area contributed by atoms with Crippen LogP contribution < -0.4 is 10.1 Å². The van der Waals surface area contributed by atoms with E-state index in [4.69, 9.17) is 16.3 Å². The number of aromatic nitrogens is 2. The van der Waals surface area contributed by atoms with E-state index in [9.17, 15) is 4.79 Å². The first-order valence-corrected chi connectivity index (χ1v) is 10.5. The van der Waals surface area contributed by atoms with E-state index in [-0.39, 0.29) is 5.91 Å². The summed E-state index contributed by atoms with van der Waals surface area (Å²) < 4.78 is 7.38. The van der Waals surface area contributed by atoms with Gasteiger partial charge in [0.2, 0.25) is 5.91 Å². The summed E-state index contributed by atoms with van der Waals surface area (Å²) in [6.45, 7) is 0.452. The van der Waals surface area contributed by atoms with Gasteiger partial charge in [-0.15, -0.1) is 11.3 Å². The Morgan fingerprint density at radius 2 is 2.00 bits per heavy atom. The third-order valence-corrected chi connectivity index (χ3v) is 5.84. The lowest BCUT2D eigenvalue weighted by molar-refractivity contribution is -0.121. The minimum absolute atomic E-state index is 0.00768. The predicted molar refractivity (Wildman–Crippen MR) is 117 cm³/mol. The van der Waals surface area contributed by atoms with Crippen LogP contribution in [0, 0.1) is 0 Å². The molecule has 2 aromatic heterocycles. The highest BCUT2D eigenvalue weighted by Crippen LogP contribution is 2.25. The van der Waals surface area contributed by atoms with Crippen LogP contribution in [0.5, 0.6) is 5.75 Å². The number of ether oxygens (including phenoxy) is 1. The smallest absolute Gasteiger partial charge is 0.220 e. The molecule has 0 saturated carbocycles. The molecule has 29 heavy (non-hydrogen) atoms. The molecule has 0 radical (unpaired) electrons. The molecule has 4 aromatic rings. The number of carbonyl (C=O) groups is 1. The minimum Gasteiger partial charge on any atom is -0.496 e. The van der Waals surface area contributed by atoms with Gasteiger partial charge in [-0.25, -0.2) is 4.98 Å². The lowest BCUT2D eigenvalue weighted by Gasteiger charge is -2.09. The standard InChI is InChI=1S/C22H20ClN3O2S/c1-28-20-5-3-2-4-16(20)12-24-21(27)11-10-18-14-29-22-25-19(13-26(18)22)15-6-8-17(23)9-7-15/h2-9,13-14H,10-12H2,1H3,(H,24,27). The second-order valence-corrected chi connectivity index (χ2v) is 7.87. The number of thiazole rings is 1. The molecular formula is C22H20ClN3O2S. The number of nitrogens with zero attached hydrogens (tertiary/aromatic N) is 2. The quantitative estimate of drug-likeness (QED) is 0.454. The Morgan fingerprint density at radius 3 is 2.79 bits per heavy atom. The van der Waals surface area contributed by atoms with Crippen molar-refractivity contribution in [3.05, 3.63) is 76.4 Å². The fourth-order valence-corrected chi connectivity index (χ4v) is 4.18. The number of hydrogen-bond donors (Lipinski definition) is 1. The van der Waals surface area contributed by atoms with Crippen molar-refractivity contribution >= 4 is 33.8 Å². The van der Waals surface area contributed by atoms with E-state index in [1.165, 1.54) is 0 Å². The van der Waals surface area contributed by atoms with Crippen LogP contribution in [0.25, 0.3) is 16.2 Å². The van der Waals surface area contributed by atoms with Gasteiger partial charge < -0.3 is 10.1 Å². The molecule has 5 nitrogen and oxygen atoms in total. The zero-order valence-corrected chi connectivity index (χ0v) is 17.5. The monoisotopic (exact) mass is 425 g/mol. The van der Waals surface area contributed by atoms with E-state index in [0.717, 1.165) is 33.2 Å². The number of amides is 1. The maximum absolute atomic E-state index is 12.3. The summed E-state index contributed by atoms with van der Waals surface area (Å²) in [5.41, 5.74) is 3.95. The minimum atomic E-state index is 0.00768. The maximum atomic E-state index is 12.3. The molecule has 1 N–H and O–H groups in total. The van der Waals surface area contributed by atoms with Gasteiger partial charge in [-0.05, 0) is 24.6 Å². The number of fused-ring (bicyclic) bond motifs is 1. The molecule has 0 aliphatic heterocycles. The number of methoxy groups -OCH3 is 1. The van der Waals surface area contributed by atoms with Crippen LogP contribution in [0.1, 0.15) is 17.7 Å². The number of hydrogen-bond acceptors (Lipinski definition) is 4. The van der Waals surface area contributed by atoms with Crippen LogP contribution in [0.15, 0.2) is 60.1 Å². The van der Waals surface area contributed by atoms with Crippen LogP contribution in [0.4, 0.5) is 0 Å². The molecule has 1 amide bonds. The van der Waals surface area contributed by atoms with Crippen molar-refractivity contribution in [3.63, 3.8) is 0 Å². The third kappa shape index (κ3) is 4.44. The Bertz CT molecular complexity index is 1130. The maximum Gasteiger partial charge on any atom is 0.220 e. The fraction of sp³-hybridized carbons (Fsp3) is 0.182. The van der Waals surface area contributed by atoms with Gasteiger partial charge in [0, 0.05) is 46.4 Å². The molecule has 0 atom stereocenters. The molecule has 0 spiro atoms. The van der Waals surface area contributed by atoms with Crippen LogP contribution in [-0.4, -0.2) is 22.4 Å². The molecular weight excluding hydrogens is 406 g/mol. The first kappa shape index (κ1) is 19.5. The average molecular weight is 426 g/mol. The van der Waals surface area contributed by atoms with Crippen molar-refractivity contribution < 1.29 is 9.53 Å². The zero-order valence-electron chi connectivity index (χ0n) is 15.9. The first-order chi connectivity index (χ1) is 14.1. The molecule has 0 unspecified atom stereocenters. The Labute approximate surface area is 177 Å². The van der Waals surface area contributed by atoms with E-state index in [1.54, 1.807) is 18.4 Å². The number of nitrogens with one attached hydrogen (secondary N) is 1. The van der Waals surface area contributed by atoms with Crippen molar-refractivity contribution in [2.45, 2.75) is 19.4 Å². The van der Waals surface area contributed by atoms with E-state index in [0.29, 0.717) is 24.4 Å². The summed E-state index contributed by atoms with van der Waals surface area (Å²) in [7, 11) is 1.63. The molecule has 7 heteroatoms. The van der Waals surface area contributed by atoms with Crippen LogP contribution in [0.2, 0.25) is 5.02 Å². The van der Waals surface area contributed by atoms with Crippen LogP contribution in [0.3, 0.4) is 0 Å². The van der Waals surface area contributed by atoms with E-state index >= 15 is 0 Å². The highest BCUT2D eigenvalue weighted by atomic mass is 35.5. The van der Waals surface area contributed by atoms with Crippen molar-refractivity contribution in [2.75, 3.05) is 7.11 Å². The molecule has 4 rings (SSSR count). The van der Waals surface area contributed by atoms with Crippen molar-refractivity contribution in [1.82, 2.24) is 14.7 Å². The average Bonchev–Trinajstić information content (AvgIpc) is 3.32. The number of halogens is 1. The van der Waals surface area contributed by atoms with Crippen LogP contribution in [-0.2, 0) is 17.8 Å².